The Labute approximate surface area is 135 Å². The Morgan fingerprint density at radius 2 is 2.17 bits per heavy atom. The molecule has 0 saturated carbocycles. The Bertz CT molecular complexity index is 849. The van der Waals surface area contributed by atoms with Gasteiger partial charge in [0.15, 0.2) is 0 Å². The van der Waals surface area contributed by atoms with Gasteiger partial charge in [-0.15, -0.1) is 0 Å². The third-order valence-electron chi connectivity index (χ3n) is 4.38. The summed E-state index contributed by atoms with van der Waals surface area (Å²) in [6, 6.07) is 6.22. The maximum Gasteiger partial charge on any atom is 0.142 e. The van der Waals surface area contributed by atoms with Crippen LogP contribution in [0.25, 0.3) is 11.1 Å². The minimum Gasteiger partial charge on any atom is -0.383 e. The predicted octanol–water partition coefficient (Wildman–Crippen LogP) is 1.71. The van der Waals surface area contributed by atoms with Crippen LogP contribution in [-0.4, -0.2) is 15.6 Å². The summed E-state index contributed by atoms with van der Waals surface area (Å²) >= 11 is 0. The number of nitrogen functional groups attached to an aromatic ring is 1. The lowest BCUT2D eigenvalue weighted by Crippen LogP contribution is -2.29. The first-order valence-corrected chi connectivity index (χ1v) is 7.66. The third-order valence-corrected chi connectivity index (χ3v) is 4.38. The summed E-state index contributed by atoms with van der Waals surface area (Å²) in [5.74, 6) is 0.250. The molecule has 0 fully saturated rings. The van der Waals surface area contributed by atoms with Crippen molar-refractivity contribution in [2.24, 2.45) is 5.73 Å². The summed E-state index contributed by atoms with van der Waals surface area (Å²) in [6.07, 6.45) is 4.20. The predicted molar refractivity (Wildman–Crippen MR) is 87.2 cm³/mol. The second-order valence-electron chi connectivity index (χ2n) is 5.80. The second-order valence-corrected chi connectivity index (χ2v) is 5.80. The van der Waals surface area contributed by atoms with E-state index in [9.17, 15) is 10.5 Å². The lowest BCUT2D eigenvalue weighted by molar-refractivity contribution is 0.568. The average Bonchev–Trinajstić information content (AvgIpc) is 2.97. The number of hydrogen-bond acceptors (Lipinski definition) is 5. The first-order valence-electron chi connectivity index (χ1n) is 7.66. The van der Waals surface area contributed by atoms with Gasteiger partial charge in [-0.25, -0.2) is 4.98 Å². The van der Waals surface area contributed by atoms with Gasteiger partial charge >= 0.3 is 0 Å². The number of aromatic nitrogens is 2. The van der Waals surface area contributed by atoms with Gasteiger partial charge in [0.25, 0.3) is 0 Å². The van der Waals surface area contributed by atoms with Gasteiger partial charge in [-0.05, 0) is 37.8 Å². The van der Waals surface area contributed by atoms with E-state index in [1.54, 1.807) is 6.07 Å². The monoisotopic (exact) mass is 306 g/mol. The Kier molecular flexibility index (Phi) is 3.77. The van der Waals surface area contributed by atoms with Gasteiger partial charge in [0, 0.05) is 35.6 Å². The lowest BCUT2D eigenvalue weighted by Gasteiger charge is -2.24. The van der Waals surface area contributed by atoms with Crippen LogP contribution in [0.3, 0.4) is 0 Å². The highest BCUT2D eigenvalue weighted by atomic mass is 15.0. The standard InChI is InChI=1S/C17H18N6/c1-2-23-9-10(5-12(23)7-18)16-13-6-11(20)3-4-15(13)22-17(21)14(16)8-19/h5,9,11H,2-4,6,20H2,1H3,(H2,21,22). The van der Waals surface area contributed by atoms with Crippen molar-refractivity contribution in [3.8, 4) is 23.3 Å². The fourth-order valence-electron chi connectivity index (χ4n) is 3.24. The van der Waals surface area contributed by atoms with Gasteiger partial charge < -0.3 is 16.0 Å². The molecule has 0 saturated heterocycles. The van der Waals surface area contributed by atoms with Crippen molar-refractivity contribution in [2.45, 2.75) is 38.8 Å². The molecule has 1 atom stereocenters. The number of pyridine rings is 1. The topological polar surface area (TPSA) is 117 Å². The minimum absolute atomic E-state index is 0.0573. The van der Waals surface area contributed by atoms with Crippen LogP contribution in [0.15, 0.2) is 12.3 Å². The van der Waals surface area contributed by atoms with Crippen LogP contribution in [0.5, 0.6) is 0 Å². The summed E-state index contributed by atoms with van der Waals surface area (Å²) in [5.41, 5.74) is 16.6. The van der Waals surface area contributed by atoms with E-state index in [0.717, 1.165) is 35.2 Å². The van der Waals surface area contributed by atoms with Crippen molar-refractivity contribution in [2.75, 3.05) is 5.73 Å². The molecule has 0 spiro atoms. The fourth-order valence-corrected chi connectivity index (χ4v) is 3.24. The van der Waals surface area contributed by atoms with E-state index in [0.29, 0.717) is 24.2 Å². The van der Waals surface area contributed by atoms with Crippen LogP contribution in [0.4, 0.5) is 5.82 Å². The molecule has 2 aromatic heterocycles. The molecule has 4 N–H and O–H groups in total. The fraction of sp³-hybridized carbons (Fsp3) is 0.353. The van der Waals surface area contributed by atoms with E-state index >= 15 is 0 Å². The number of nitriles is 2. The molecule has 0 bridgehead atoms. The van der Waals surface area contributed by atoms with Crippen LogP contribution in [0, 0.1) is 22.7 Å². The van der Waals surface area contributed by atoms with E-state index in [1.165, 1.54) is 0 Å². The third kappa shape index (κ3) is 2.44. The second kappa shape index (κ2) is 5.75. The molecular weight excluding hydrogens is 288 g/mol. The molecule has 116 valence electrons. The minimum atomic E-state index is 0.0573. The van der Waals surface area contributed by atoms with Crippen molar-refractivity contribution in [1.29, 1.82) is 10.5 Å². The first-order chi connectivity index (χ1) is 11.1. The highest BCUT2D eigenvalue weighted by Crippen LogP contribution is 2.36. The van der Waals surface area contributed by atoms with Crippen LogP contribution in [0.1, 0.15) is 35.9 Å². The number of nitrogens with two attached hydrogens (primary N) is 2. The Balaban J connectivity index is 2.30. The number of rotatable bonds is 2. The maximum atomic E-state index is 9.55. The van der Waals surface area contributed by atoms with E-state index in [1.807, 2.05) is 17.7 Å². The van der Waals surface area contributed by atoms with Crippen molar-refractivity contribution >= 4 is 5.82 Å². The van der Waals surface area contributed by atoms with Gasteiger partial charge in [0.05, 0.1) is 0 Å². The molecule has 1 aliphatic rings. The van der Waals surface area contributed by atoms with Crippen molar-refractivity contribution in [1.82, 2.24) is 9.55 Å². The molecule has 6 nitrogen and oxygen atoms in total. The molecule has 3 rings (SSSR count). The summed E-state index contributed by atoms with van der Waals surface area (Å²) in [6.45, 7) is 2.66. The summed E-state index contributed by atoms with van der Waals surface area (Å²) in [4.78, 5) is 4.40. The number of fused-ring (bicyclic) bond motifs is 1. The van der Waals surface area contributed by atoms with Crippen LogP contribution < -0.4 is 11.5 Å². The van der Waals surface area contributed by atoms with Gasteiger partial charge in [0.2, 0.25) is 0 Å². The first kappa shape index (κ1) is 15.1. The van der Waals surface area contributed by atoms with Crippen LogP contribution in [-0.2, 0) is 19.4 Å². The Morgan fingerprint density at radius 3 is 2.78 bits per heavy atom. The van der Waals surface area contributed by atoms with E-state index in [2.05, 4.69) is 17.1 Å². The molecule has 0 aromatic carbocycles. The van der Waals surface area contributed by atoms with Crippen molar-refractivity contribution in [3.63, 3.8) is 0 Å². The maximum absolute atomic E-state index is 9.55. The quantitative estimate of drug-likeness (QED) is 0.875. The van der Waals surface area contributed by atoms with Crippen LogP contribution >= 0.6 is 0 Å². The van der Waals surface area contributed by atoms with Crippen molar-refractivity contribution in [3.05, 3.63) is 34.8 Å². The largest absolute Gasteiger partial charge is 0.383 e. The molecule has 0 radical (unpaired) electrons. The van der Waals surface area contributed by atoms with E-state index < -0.39 is 0 Å². The van der Waals surface area contributed by atoms with Crippen LogP contribution in [0.2, 0.25) is 0 Å². The zero-order valence-electron chi connectivity index (χ0n) is 13.0. The van der Waals surface area contributed by atoms with E-state index in [4.69, 9.17) is 11.5 Å². The van der Waals surface area contributed by atoms with Gasteiger partial charge in [-0.1, -0.05) is 0 Å². The molecule has 2 heterocycles. The van der Waals surface area contributed by atoms with Gasteiger partial charge in [-0.2, -0.15) is 10.5 Å². The molecule has 23 heavy (non-hydrogen) atoms. The SMILES string of the molecule is CCn1cc(-c2c(C#N)c(N)nc3c2CC(N)CC3)cc1C#N. The highest BCUT2D eigenvalue weighted by molar-refractivity contribution is 5.80. The number of aryl methyl sites for hydroxylation is 2. The molecule has 1 aliphatic carbocycles. The number of anilines is 1. The Morgan fingerprint density at radius 1 is 1.39 bits per heavy atom. The molecule has 2 aromatic rings. The average molecular weight is 306 g/mol. The zero-order valence-corrected chi connectivity index (χ0v) is 13.0. The highest BCUT2D eigenvalue weighted by Gasteiger charge is 2.25. The Hall–Kier alpha value is -2.83. The summed E-state index contributed by atoms with van der Waals surface area (Å²) in [7, 11) is 0. The van der Waals surface area contributed by atoms with Crippen molar-refractivity contribution < 1.29 is 0 Å². The zero-order chi connectivity index (χ0) is 16.6. The normalized spacial score (nSPS) is 16.4. The molecule has 1 unspecified atom stereocenters. The molecule has 0 aliphatic heterocycles. The molecule has 6 heteroatoms. The van der Waals surface area contributed by atoms with E-state index in [-0.39, 0.29) is 11.9 Å². The summed E-state index contributed by atoms with van der Waals surface area (Å²) in [5, 5.41) is 18.8. The smallest absolute Gasteiger partial charge is 0.142 e. The molecule has 0 amide bonds. The molecular formula is C17H18N6. The number of nitrogens with zero attached hydrogens (tertiary/aromatic N) is 4. The lowest BCUT2D eigenvalue weighted by atomic mass is 9.85. The van der Waals surface area contributed by atoms with Gasteiger partial charge in [-0.3, -0.25) is 0 Å². The number of hydrogen-bond donors (Lipinski definition) is 2. The summed E-state index contributed by atoms with van der Waals surface area (Å²) < 4.78 is 1.86. The van der Waals surface area contributed by atoms with Gasteiger partial charge in [0.1, 0.15) is 29.2 Å².